The summed E-state index contributed by atoms with van der Waals surface area (Å²) in [6, 6.07) is 4.60. The Morgan fingerprint density at radius 1 is 1.53 bits per heavy atom. The summed E-state index contributed by atoms with van der Waals surface area (Å²) in [4.78, 5) is 0. The van der Waals surface area contributed by atoms with Crippen molar-refractivity contribution in [3.63, 3.8) is 0 Å². The molecule has 0 amide bonds. The number of methoxy groups -OCH3 is 1. The van der Waals surface area contributed by atoms with Gasteiger partial charge < -0.3 is 15.2 Å². The smallest absolute Gasteiger partial charge is 0.124 e. The number of hydrogen-bond donors (Lipinski definition) is 2. The Labute approximate surface area is 109 Å². The van der Waals surface area contributed by atoms with Gasteiger partial charge in [0.2, 0.25) is 0 Å². The molecule has 0 saturated carbocycles. The fraction of sp³-hybridized carbons (Fsp3) is 0.500. The molecule has 1 aromatic carbocycles. The van der Waals surface area contributed by atoms with Gasteiger partial charge in [0.1, 0.15) is 5.82 Å². The molecule has 0 fully saturated rings. The maximum Gasteiger partial charge on any atom is 0.124 e. The van der Waals surface area contributed by atoms with Crippen molar-refractivity contribution in [3.05, 3.63) is 34.1 Å². The quantitative estimate of drug-likeness (QED) is 0.847. The monoisotopic (exact) mass is 305 g/mol. The van der Waals surface area contributed by atoms with Crippen LogP contribution in [0.1, 0.15) is 18.5 Å². The van der Waals surface area contributed by atoms with Crippen molar-refractivity contribution in [3.8, 4) is 0 Å². The van der Waals surface area contributed by atoms with Crippen molar-refractivity contribution in [2.75, 3.05) is 20.3 Å². The third-order valence-electron chi connectivity index (χ3n) is 2.45. The Morgan fingerprint density at radius 3 is 2.82 bits per heavy atom. The maximum atomic E-state index is 12.9. The lowest BCUT2D eigenvalue weighted by molar-refractivity contribution is 0.0630. The Hall–Kier alpha value is -0.490. The summed E-state index contributed by atoms with van der Waals surface area (Å²) >= 11 is 3.32. The molecule has 2 atom stereocenters. The van der Waals surface area contributed by atoms with Crippen LogP contribution in [0.5, 0.6) is 0 Å². The van der Waals surface area contributed by atoms with E-state index in [1.807, 2.05) is 6.92 Å². The highest BCUT2D eigenvalue weighted by atomic mass is 79.9. The van der Waals surface area contributed by atoms with Crippen molar-refractivity contribution in [1.82, 2.24) is 5.32 Å². The van der Waals surface area contributed by atoms with E-state index in [9.17, 15) is 9.50 Å². The van der Waals surface area contributed by atoms with E-state index in [1.165, 1.54) is 12.1 Å². The third kappa shape index (κ3) is 4.71. The zero-order valence-corrected chi connectivity index (χ0v) is 11.5. The number of halogens is 2. The second kappa shape index (κ2) is 7.06. The van der Waals surface area contributed by atoms with E-state index in [0.29, 0.717) is 13.2 Å². The molecule has 17 heavy (non-hydrogen) atoms. The molecule has 0 aromatic heterocycles. The molecule has 0 aliphatic heterocycles. The Kier molecular flexibility index (Phi) is 6.05. The third-order valence-corrected chi connectivity index (χ3v) is 3.13. The molecule has 2 unspecified atom stereocenters. The summed E-state index contributed by atoms with van der Waals surface area (Å²) in [5.74, 6) is -0.271. The molecule has 0 spiro atoms. The van der Waals surface area contributed by atoms with Crippen LogP contribution in [0.2, 0.25) is 0 Å². The zero-order chi connectivity index (χ0) is 12.8. The van der Waals surface area contributed by atoms with Crippen LogP contribution < -0.4 is 5.32 Å². The van der Waals surface area contributed by atoms with Gasteiger partial charge in [-0.2, -0.15) is 0 Å². The molecule has 0 saturated heterocycles. The minimum Gasteiger partial charge on any atom is -0.389 e. The first-order chi connectivity index (χ1) is 8.04. The van der Waals surface area contributed by atoms with Gasteiger partial charge in [-0.3, -0.25) is 0 Å². The highest BCUT2D eigenvalue weighted by molar-refractivity contribution is 9.10. The van der Waals surface area contributed by atoms with Gasteiger partial charge in [-0.05, 0) is 24.6 Å². The molecule has 0 radical (unpaired) electrons. The van der Waals surface area contributed by atoms with Crippen molar-refractivity contribution in [2.45, 2.75) is 19.1 Å². The van der Waals surface area contributed by atoms with Crippen LogP contribution in [-0.2, 0) is 4.74 Å². The van der Waals surface area contributed by atoms with E-state index in [1.54, 1.807) is 13.2 Å². The lowest BCUT2D eigenvalue weighted by Gasteiger charge is -2.18. The second-order valence-electron chi connectivity index (χ2n) is 3.90. The van der Waals surface area contributed by atoms with E-state index < -0.39 is 6.10 Å². The molecule has 3 nitrogen and oxygen atoms in total. The average Bonchev–Trinajstić information content (AvgIpc) is 2.26. The molecule has 5 heteroatoms. The second-order valence-corrected chi connectivity index (χ2v) is 4.76. The van der Waals surface area contributed by atoms with Gasteiger partial charge in [0, 0.05) is 24.2 Å². The van der Waals surface area contributed by atoms with Crippen LogP contribution in [-0.4, -0.2) is 31.5 Å². The number of hydrogen-bond acceptors (Lipinski definition) is 3. The van der Waals surface area contributed by atoms with Crippen molar-refractivity contribution >= 4 is 15.9 Å². The fourth-order valence-corrected chi connectivity index (χ4v) is 2.22. The number of aliphatic hydroxyl groups is 1. The van der Waals surface area contributed by atoms with Gasteiger partial charge in [-0.25, -0.2) is 4.39 Å². The number of nitrogens with one attached hydrogen (secondary N) is 1. The first-order valence-electron chi connectivity index (χ1n) is 5.40. The molecule has 0 aliphatic rings. The summed E-state index contributed by atoms with van der Waals surface area (Å²) in [6.07, 6.45) is -0.540. The lowest BCUT2D eigenvalue weighted by Crippen LogP contribution is -2.31. The average molecular weight is 306 g/mol. The molecule has 0 aliphatic carbocycles. The van der Waals surface area contributed by atoms with Crippen LogP contribution in [0.4, 0.5) is 4.39 Å². The largest absolute Gasteiger partial charge is 0.389 e. The van der Waals surface area contributed by atoms with Gasteiger partial charge in [0.25, 0.3) is 0 Å². The Morgan fingerprint density at radius 2 is 2.24 bits per heavy atom. The molecule has 0 heterocycles. The van der Waals surface area contributed by atoms with Crippen LogP contribution in [0, 0.1) is 5.82 Å². The number of rotatable bonds is 6. The van der Waals surface area contributed by atoms with E-state index in [4.69, 9.17) is 4.74 Å². The van der Waals surface area contributed by atoms with E-state index in [2.05, 4.69) is 21.2 Å². The zero-order valence-electron chi connectivity index (χ0n) is 9.91. The maximum absolute atomic E-state index is 12.9. The van der Waals surface area contributed by atoms with Crippen molar-refractivity contribution in [2.24, 2.45) is 0 Å². The summed E-state index contributed by atoms with van der Waals surface area (Å²) in [5, 5.41) is 12.7. The van der Waals surface area contributed by atoms with Gasteiger partial charge in [-0.15, -0.1) is 0 Å². The fourth-order valence-electron chi connectivity index (χ4n) is 1.53. The first-order valence-corrected chi connectivity index (χ1v) is 6.19. The van der Waals surface area contributed by atoms with Crippen LogP contribution in [0.3, 0.4) is 0 Å². The van der Waals surface area contributed by atoms with Crippen molar-refractivity contribution in [1.29, 1.82) is 0 Å². The summed E-state index contributed by atoms with van der Waals surface area (Å²) in [6.45, 7) is 2.68. The highest BCUT2D eigenvalue weighted by Crippen LogP contribution is 2.23. The lowest BCUT2D eigenvalue weighted by atomic mass is 10.1. The van der Waals surface area contributed by atoms with Gasteiger partial charge in [0.05, 0.1) is 12.7 Å². The normalized spacial score (nSPS) is 14.6. The summed E-state index contributed by atoms with van der Waals surface area (Å²) < 4.78 is 18.5. The molecule has 1 aromatic rings. The van der Waals surface area contributed by atoms with E-state index >= 15 is 0 Å². The number of benzene rings is 1. The minimum absolute atomic E-state index is 0.0245. The van der Waals surface area contributed by atoms with E-state index in [0.717, 1.165) is 10.0 Å². The Balaban J connectivity index is 2.54. The highest BCUT2D eigenvalue weighted by Gasteiger charge is 2.11. The molecule has 0 bridgehead atoms. The first kappa shape index (κ1) is 14.6. The van der Waals surface area contributed by atoms with Crippen LogP contribution in [0.15, 0.2) is 22.7 Å². The molecular formula is C12H17BrFNO2. The van der Waals surface area contributed by atoms with Crippen LogP contribution >= 0.6 is 15.9 Å². The summed E-state index contributed by atoms with van der Waals surface area (Å²) in [5.41, 5.74) is 0.955. The topological polar surface area (TPSA) is 41.5 Å². The molecule has 1 rings (SSSR count). The Bertz CT molecular complexity index is 362. The van der Waals surface area contributed by atoms with Crippen LogP contribution in [0.25, 0.3) is 0 Å². The molecule has 2 N–H and O–H groups in total. The number of aliphatic hydroxyl groups excluding tert-OH is 1. The van der Waals surface area contributed by atoms with E-state index in [-0.39, 0.29) is 11.9 Å². The van der Waals surface area contributed by atoms with Gasteiger partial charge in [0.15, 0.2) is 0 Å². The number of ether oxygens (including phenoxy) is 1. The van der Waals surface area contributed by atoms with Gasteiger partial charge >= 0.3 is 0 Å². The molecule has 96 valence electrons. The SMILES string of the molecule is COCC(O)CNC(C)c1ccc(F)cc1Br. The predicted molar refractivity (Wildman–Crippen MR) is 68.4 cm³/mol. The summed E-state index contributed by atoms with van der Waals surface area (Å²) in [7, 11) is 1.54. The predicted octanol–water partition coefficient (Wildman–Crippen LogP) is 2.25. The van der Waals surface area contributed by atoms with Crippen molar-refractivity contribution < 1.29 is 14.2 Å². The van der Waals surface area contributed by atoms with Gasteiger partial charge in [-0.1, -0.05) is 22.0 Å². The molecular weight excluding hydrogens is 289 g/mol. The minimum atomic E-state index is -0.540. The standard InChI is InChI=1S/C12H17BrFNO2/c1-8(15-6-10(16)7-17-2)11-4-3-9(14)5-12(11)13/h3-5,8,10,15-16H,6-7H2,1-2H3.